The second-order valence-electron chi connectivity index (χ2n) is 6.30. The van der Waals surface area contributed by atoms with Crippen molar-refractivity contribution in [2.75, 3.05) is 18.2 Å². The Labute approximate surface area is 192 Å². The van der Waals surface area contributed by atoms with Crippen molar-refractivity contribution in [2.45, 2.75) is 24.9 Å². The van der Waals surface area contributed by atoms with Crippen molar-refractivity contribution in [3.8, 4) is 0 Å². The van der Waals surface area contributed by atoms with Gasteiger partial charge in [-0.2, -0.15) is 0 Å². The van der Waals surface area contributed by atoms with Crippen LogP contribution in [0.2, 0.25) is 0 Å². The van der Waals surface area contributed by atoms with Crippen LogP contribution in [0, 0.1) is 0 Å². The zero-order valence-electron chi connectivity index (χ0n) is 17.7. The highest BCUT2D eigenvalue weighted by molar-refractivity contribution is 7.74. The predicted molar refractivity (Wildman–Crippen MR) is 118 cm³/mol. The number of nitrogens with two attached hydrogens (primary N) is 1. The third-order valence-corrected chi connectivity index (χ3v) is 9.22. The van der Waals surface area contributed by atoms with E-state index in [9.17, 15) is 28.6 Å². The lowest BCUT2D eigenvalue weighted by Crippen LogP contribution is -2.26. The third-order valence-electron chi connectivity index (χ3n) is 3.93. The highest BCUT2D eigenvalue weighted by Gasteiger charge is 2.41. The first-order valence-electron chi connectivity index (χ1n) is 8.08. The van der Waals surface area contributed by atoms with E-state index < -0.39 is 54.0 Å². The minimum Gasteiger partial charge on any atom is -0.390 e. The number of aliphatic hydroxyl groups excluding tert-OH is 1. The molecular weight excluding hydrogens is 527 g/mol. The molecule has 0 radical (unpaired) electrons. The first-order valence-corrected chi connectivity index (χ1v) is 13.1. The molecule has 0 saturated carbocycles. The Morgan fingerprint density at radius 1 is 1.06 bits per heavy atom. The third kappa shape index (κ3) is 8.65. The van der Waals surface area contributed by atoms with Crippen LogP contribution < -0.4 is 30.3 Å². The second kappa shape index (κ2) is 12.5. The number of nitrogen functional groups attached to an aromatic ring is 1. The van der Waals surface area contributed by atoms with Crippen LogP contribution in [-0.4, -0.2) is 68.9 Å². The molecule has 200 valence electrons. The molecular formula is C11H30N9O11P3. The van der Waals surface area contributed by atoms with Crippen molar-refractivity contribution in [2.24, 2.45) is 0 Å². The summed E-state index contributed by atoms with van der Waals surface area (Å²) in [5.74, 6) is -1.43. The normalized spacial score (nSPS) is 23.4. The van der Waals surface area contributed by atoms with E-state index in [0.717, 1.165) is 0 Å². The highest BCUT2D eigenvalue weighted by atomic mass is 31.3. The predicted octanol–water partition coefficient (Wildman–Crippen LogP) is 0.159. The fourth-order valence-electron chi connectivity index (χ4n) is 2.77. The van der Waals surface area contributed by atoms with Crippen molar-refractivity contribution >= 4 is 40.0 Å². The van der Waals surface area contributed by atoms with Gasteiger partial charge in [-0.25, -0.2) is 23.8 Å². The summed E-state index contributed by atoms with van der Waals surface area (Å²) in [6.07, 6.45) is -0.385. The van der Waals surface area contributed by atoms with Gasteiger partial charge in [0.05, 0.1) is 19.0 Å². The van der Waals surface area contributed by atoms with E-state index in [0.29, 0.717) is 11.2 Å². The Morgan fingerprint density at radius 3 is 2.26 bits per heavy atom. The maximum absolute atomic E-state index is 12.0. The van der Waals surface area contributed by atoms with Crippen LogP contribution in [0.3, 0.4) is 0 Å². The number of imidazole rings is 1. The molecule has 0 bridgehead atoms. The van der Waals surface area contributed by atoms with Crippen molar-refractivity contribution in [1.29, 1.82) is 0 Å². The van der Waals surface area contributed by atoms with Crippen molar-refractivity contribution in [1.82, 2.24) is 44.1 Å². The highest BCUT2D eigenvalue weighted by Crippen LogP contribution is 2.64. The van der Waals surface area contributed by atoms with Crippen LogP contribution >= 0.6 is 23.0 Å². The number of aliphatic hydroxyl groups is 1. The van der Waals surface area contributed by atoms with Gasteiger partial charge in [0.25, 0.3) is 0 Å². The molecule has 1 fully saturated rings. The topological polar surface area (TPSA) is 390 Å². The van der Waals surface area contributed by atoms with Crippen molar-refractivity contribution < 1.29 is 51.9 Å². The van der Waals surface area contributed by atoms with E-state index in [1.54, 1.807) is 0 Å². The Morgan fingerprint density at radius 2 is 1.68 bits per heavy atom. The van der Waals surface area contributed by atoms with Crippen LogP contribution in [0.5, 0.6) is 0 Å². The number of aromatic nitrogens is 4. The monoisotopic (exact) mass is 557 g/mol. The number of anilines is 1. The summed E-state index contributed by atoms with van der Waals surface area (Å²) >= 11 is 0. The van der Waals surface area contributed by atoms with E-state index in [1.165, 1.54) is 17.2 Å². The molecule has 0 amide bonds. The molecule has 1 saturated heterocycles. The van der Waals surface area contributed by atoms with Gasteiger partial charge in [0, 0.05) is 6.42 Å². The maximum atomic E-state index is 12.0. The summed E-state index contributed by atoms with van der Waals surface area (Å²) in [6.45, 7) is -0.662. The summed E-state index contributed by atoms with van der Waals surface area (Å²) in [4.78, 5) is 48.1. The molecule has 5 atom stereocenters. The maximum Gasteiger partial charge on any atom is 0.476 e. The van der Waals surface area contributed by atoms with Gasteiger partial charge in [-0.3, -0.25) is 13.7 Å². The zero-order valence-corrected chi connectivity index (χ0v) is 20.4. The Hall–Kier alpha value is -1.44. The Balaban J connectivity index is 0. The molecule has 1 aliphatic rings. The number of rotatable bonds is 8. The Bertz CT molecular complexity index is 1080. The molecule has 2 aromatic rings. The molecule has 34 heavy (non-hydrogen) atoms. The second-order valence-corrected chi connectivity index (χ2v) is 11.9. The van der Waals surface area contributed by atoms with Crippen molar-refractivity contribution in [3.63, 3.8) is 0 Å². The summed E-state index contributed by atoms with van der Waals surface area (Å²) in [6, 6.07) is 0. The minimum atomic E-state index is -5.38. The molecule has 23 heteroatoms. The molecule has 2 unspecified atom stereocenters. The molecule has 20 nitrogen and oxygen atoms in total. The van der Waals surface area contributed by atoms with Gasteiger partial charge in [-0.15, -0.1) is 0 Å². The van der Waals surface area contributed by atoms with E-state index in [1.807, 2.05) is 0 Å². The largest absolute Gasteiger partial charge is 0.476 e. The number of nitrogens with zero attached hydrogens (tertiary/aromatic N) is 4. The first kappa shape index (κ1) is 34.7. The lowest BCUT2D eigenvalue weighted by Gasteiger charge is -2.20. The van der Waals surface area contributed by atoms with Gasteiger partial charge in [-0.05, 0) is 0 Å². The molecule has 3 heterocycles. The minimum absolute atomic E-state index is 0. The number of hydrogen-bond acceptors (Lipinski definition) is 15. The van der Waals surface area contributed by atoms with Crippen LogP contribution in [0.15, 0.2) is 12.7 Å². The average molecular weight is 557 g/mol. The molecule has 0 aliphatic carbocycles. The number of phosphoric acid groups is 1. The molecule has 3 rings (SSSR count). The number of hydrogen-bond donors (Lipinski definition) is 10. The van der Waals surface area contributed by atoms with Crippen LogP contribution in [0.1, 0.15) is 12.6 Å². The van der Waals surface area contributed by atoms with Gasteiger partial charge in [0.15, 0.2) is 17.4 Å². The number of ether oxygens (including phenoxy) is 1. The van der Waals surface area contributed by atoms with Gasteiger partial charge in [0.1, 0.15) is 24.2 Å². The van der Waals surface area contributed by atoms with Crippen LogP contribution in [-0.2, 0) is 27.3 Å². The van der Waals surface area contributed by atoms with Gasteiger partial charge >= 0.3 is 23.0 Å². The molecule has 19 N–H and O–H groups in total. The lowest BCUT2D eigenvalue weighted by molar-refractivity contribution is -0.0395. The van der Waals surface area contributed by atoms with Gasteiger partial charge in [-0.1, -0.05) is 0 Å². The van der Waals surface area contributed by atoms with E-state index in [2.05, 4.69) is 19.3 Å². The van der Waals surface area contributed by atoms with Gasteiger partial charge < -0.3 is 64.3 Å². The fourth-order valence-corrected chi connectivity index (χ4v) is 7.28. The van der Waals surface area contributed by atoms with E-state index >= 15 is 0 Å². The molecule has 0 spiro atoms. The van der Waals surface area contributed by atoms with Gasteiger partial charge in [0.2, 0.25) is 0 Å². The summed E-state index contributed by atoms with van der Waals surface area (Å²) in [5.41, 5.74) is 6.36. The van der Waals surface area contributed by atoms with E-state index in [4.69, 9.17) is 24.8 Å². The van der Waals surface area contributed by atoms with E-state index in [-0.39, 0.29) is 36.8 Å². The molecule has 1 aliphatic heterocycles. The fraction of sp³-hybridized carbons (Fsp3) is 0.545. The quantitative estimate of drug-likeness (QED) is 0.193. The standard InChI is InChI=1S/C11H18N5O11P3.4H3N/c12-10-9-11(14-3-13-10)16(4-15-9)8-1-6(17)7(26-8)2-25-28(18,19)5-29(20,21)27-30(22,23)24;;;;/h3-4,6-8,17H,1-2,5H2,(H,18,19)(H,20,21)(H2,12,13,14)(H2,22,23,24);4*1H3/t6-,7+,8+;;;;/m0..../s1. The smallest absolute Gasteiger partial charge is 0.390 e. The molecule has 0 aromatic carbocycles. The zero-order chi connectivity index (χ0) is 22.3. The first-order chi connectivity index (χ1) is 13.8. The Kier molecular flexibility index (Phi) is 12.8. The average Bonchev–Trinajstić information content (AvgIpc) is 3.14. The lowest BCUT2D eigenvalue weighted by atomic mass is 10.2. The van der Waals surface area contributed by atoms with Crippen LogP contribution in [0.4, 0.5) is 5.82 Å². The van der Waals surface area contributed by atoms with Crippen LogP contribution in [0.25, 0.3) is 11.2 Å². The summed E-state index contributed by atoms with van der Waals surface area (Å²) < 4.78 is 49.6. The summed E-state index contributed by atoms with van der Waals surface area (Å²) in [5, 5.41) is 10.2. The summed E-state index contributed by atoms with van der Waals surface area (Å²) in [7, 11) is -15.3. The number of fused-ring (bicyclic) bond motifs is 1. The van der Waals surface area contributed by atoms with Crippen molar-refractivity contribution in [3.05, 3.63) is 12.7 Å². The molecule has 2 aromatic heterocycles. The SMILES string of the molecule is N.N.N.N.Nc1ncnc2c1ncn2[C@H]1C[C@H](O)[C@@H](COP(=O)(O)CP(=O)(O)OP(=O)(O)O)O1.